The first-order valence-electron chi connectivity index (χ1n) is 7.84. The molecule has 6 heteroatoms. The molecule has 2 aliphatic rings. The SMILES string of the molecule is O=C1NC(=O)C2(N1)c1ccccc1-c1ccc(-c3cnccn3)cc12. The van der Waals surface area contributed by atoms with E-state index in [-0.39, 0.29) is 5.91 Å². The van der Waals surface area contributed by atoms with E-state index in [1.807, 2.05) is 42.5 Å². The van der Waals surface area contributed by atoms with Crippen LogP contribution in [0, 0.1) is 0 Å². The Bertz CT molecular complexity index is 1050. The van der Waals surface area contributed by atoms with Gasteiger partial charge in [-0.25, -0.2) is 4.79 Å². The van der Waals surface area contributed by atoms with Crippen molar-refractivity contribution in [3.05, 3.63) is 72.2 Å². The van der Waals surface area contributed by atoms with Crippen LogP contribution in [-0.2, 0) is 10.3 Å². The number of carbonyl (C=O) groups is 2. The first-order valence-corrected chi connectivity index (χ1v) is 7.84. The Balaban J connectivity index is 1.80. The summed E-state index contributed by atoms with van der Waals surface area (Å²) in [5.41, 5.74) is 3.77. The van der Waals surface area contributed by atoms with Crippen molar-refractivity contribution in [2.45, 2.75) is 5.54 Å². The maximum atomic E-state index is 12.8. The zero-order valence-corrected chi connectivity index (χ0v) is 13.0. The number of urea groups is 1. The minimum atomic E-state index is -1.19. The minimum Gasteiger partial charge on any atom is -0.316 e. The van der Waals surface area contributed by atoms with E-state index >= 15 is 0 Å². The van der Waals surface area contributed by atoms with Crippen molar-refractivity contribution in [1.82, 2.24) is 20.6 Å². The van der Waals surface area contributed by atoms with Crippen LogP contribution in [0.4, 0.5) is 4.79 Å². The monoisotopic (exact) mass is 328 g/mol. The quantitative estimate of drug-likeness (QED) is 0.671. The average Bonchev–Trinajstić information content (AvgIpc) is 3.11. The van der Waals surface area contributed by atoms with Crippen LogP contribution in [0.3, 0.4) is 0 Å². The first kappa shape index (κ1) is 13.9. The molecule has 1 aliphatic carbocycles. The fourth-order valence-corrected chi connectivity index (χ4v) is 3.72. The van der Waals surface area contributed by atoms with Crippen molar-refractivity contribution in [1.29, 1.82) is 0 Å². The molecule has 0 saturated carbocycles. The molecule has 1 atom stereocenters. The van der Waals surface area contributed by atoms with Crippen LogP contribution in [-0.4, -0.2) is 21.9 Å². The van der Waals surface area contributed by atoms with Gasteiger partial charge in [-0.1, -0.05) is 36.4 Å². The summed E-state index contributed by atoms with van der Waals surface area (Å²) in [6, 6.07) is 13.0. The van der Waals surface area contributed by atoms with E-state index in [0.29, 0.717) is 5.69 Å². The van der Waals surface area contributed by atoms with Gasteiger partial charge in [0.25, 0.3) is 5.91 Å². The largest absolute Gasteiger partial charge is 0.322 e. The molecule has 3 aromatic rings. The fourth-order valence-electron chi connectivity index (χ4n) is 3.72. The van der Waals surface area contributed by atoms with E-state index in [1.54, 1.807) is 18.6 Å². The molecule has 1 saturated heterocycles. The number of rotatable bonds is 1. The van der Waals surface area contributed by atoms with Crippen molar-refractivity contribution < 1.29 is 9.59 Å². The Labute approximate surface area is 142 Å². The maximum Gasteiger partial charge on any atom is 0.322 e. The van der Waals surface area contributed by atoms with E-state index < -0.39 is 11.6 Å². The summed E-state index contributed by atoms with van der Waals surface area (Å²) in [5, 5.41) is 5.21. The van der Waals surface area contributed by atoms with Gasteiger partial charge in [-0.2, -0.15) is 0 Å². The molecular formula is C19H12N4O2. The molecule has 0 radical (unpaired) electrons. The summed E-state index contributed by atoms with van der Waals surface area (Å²) >= 11 is 0. The second-order valence-electron chi connectivity index (χ2n) is 6.05. The Hall–Kier alpha value is -3.54. The third kappa shape index (κ3) is 1.73. The third-order valence-corrected chi connectivity index (χ3v) is 4.77. The first-order chi connectivity index (χ1) is 12.2. The van der Waals surface area contributed by atoms with Gasteiger partial charge in [-0.15, -0.1) is 0 Å². The molecule has 2 N–H and O–H groups in total. The number of hydrogen-bond donors (Lipinski definition) is 2. The molecule has 25 heavy (non-hydrogen) atoms. The van der Waals surface area contributed by atoms with E-state index in [9.17, 15) is 9.59 Å². The number of aromatic nitrogens is 2. The predicted octanol–water partition coefficient (Wildman–Crippen LogP) is 2.21. The van der Waals surface area contributed by atoms with Gasteiger partial charge in [0.05, 0.1) is 11.9 Å². The molecule has 1 fully saturated rings. The Kier molecular flexibility index (Phi) is 2.62. The molecule has 120 valence electrons. The van der Waals surface area contributed by atoms with Gasteiger partial charge < -0.3 is 5.32 Å². The zero-order chi connectivity index (χ0) is 17.0. The van der Waals surface area contributed by atoms with Crippen molar-refractivity contribution in [3.8, 4) is 22.4 Å². The lowest BCUT2D eigenvalue weighted by molar-refractivity contribution is -0.122. The van der Waals surface area contributed by atoms with Crippen LogP contribution in [0.1, 0.15) is 11.1 Å². The van der Waals surface area contributed by atoms with Crippen LogP contribution in [0.2, 0.25) is 0 Å². The van der Waals surface area contributed by atoms with Gasteiger partial charge in [-0.3, -0.25) is 20.1 Å². The lowest BCUT2D eigenvalue weighted by Gasteiger charge is -2.23. The number of fused-ring (bicyclic) bond motifs is 5. The fraction of sp³-hybridized carbons (Fsp3) is 0.0526. The Morgan fingerprint density at radius 2 is 1.76 bits per heavy atom. The van der Waals surface area contributed by atoms with Crippen molar-refractivity contribution in [3.63, 3.8) is 0 Å². The molecule has 0 bridgehead atoms. The van der Waals surface area contributed by atoms with Crippen LogP contribution in [0.15, 0.2) is 61.1 Å². The van der Waals surface area contributed by atoms with E-state index in [4.69, 9.17) is 0 Å². The molecule has 1 spiro atoms. The van der Waals surface area contributed by atoms with Crippen LogP contribution < -0.4 is 10.6 Å². The molecule has 3 amide bonds. The lowest BCUT2D eigenvalue weighted by Crippen LogP contribution is -2.43. The summed E-state index contributed by atoms with van der Waals surface area (Å²) in [5.74, 6) is -0.361. The van der Waals surface area contributed by atoms with Crippen molar-refractivity contribution in [2.75, 3.05) is 0 Å². The Morgan fingerprint density at radius 3 is 2.52 bits per heavy atom. The van der Waals surface area contributed by atoms with Gasteiger partial charge in [0.15, 0.2) is 5.54 Å². The molecule has 1 unspecified atom stereocenters. The Morgan fingerprint density at radius 1 is 0.920 bits per heavy atom. The van der Waals surface area contributed by atoms with Gasteiger partial charge >= 0.3 is 6.03 Å². The van der Waals surface area contributed by atoms with Crippen LogP contribution in [0.5, 0.6) is 0 Å². The number of nitrogens with one attached hydrogen (secondary N) is 2. The highest BCUT2D eigenvalue weighted by atomic mass is 16.2. The second-order valence-corrected chi connectivity index (χ2v) is 6.05. The van der Waals surface area contributed by atoms with Crippen molar-refractivity contribution >= 4 is 11.9 Å². The van der Waals surface area contributed by atoms with Gasteiger partial charge in [-0.05, 0) is 22.8 Å². The molecular weight excluding hydrogens is 316 g/mol. The number of nitrogens with zero attached hydrogens (tertiary/aromatic N) is 2. The number of amides is 3. The summed E-state index contributed by atoms with van der Waals surface area (Å²) in [6.45, 7) is 0. The smallest absolute Gasteiger partial charge is 0.316 e. The summed E-state index contributed by atoms with van der Waals surface area (Å²) in [4.78, 5) is 33.1. The molecule has 6 nitrogen and oxygen atoms in total. The van der Waals surface area contributed by atoms with Crippen LogP contribution in [0.25, 0.3) is 22.4 Å². The third-order valence-electron chi connectivity index (χ3n) is 4.77. The van der Waals surface area contributed by atoms with Crippen LogP contribution >= 0.6 is 0 Å². The van der Waals surface area contributed by atoms with Gasteiger partial charge in [0.2, 0.25) is 0 Å². The van der Waals surface area contributed by atoms with E-state index in [1.165, 1.54) is 0 Å². The number of imide groups is 1. The topological polar surface area (TPSA) is 84.0 Å². The number of hydrogen-bond acceptors (Lipinski definition) is 4. The average molecular weight is 328 g/mol. The standard InChI is InChI=1S/C19H12N4O2/c24-17-19(23-18(25)22-17)14-4-2-1-3-12(14)13-6-5-11(9-15(13)19)16-10-20-7-8-21-16/h1-10H,(H2,22,23,24,25). The lowest BCUT2D eigenvalue weighted by atomic mass is 9.86. The second kappa shape index (κ2) is 4.73. The molecule has 2 heterocycles. The molecule has 5 rings (SSSR count). The normalized spacial score (nSPS) is 20.2. The summed E-state index contributed by atoms with van der Waals surface area (Å²) < 4.78 is 0. The van der Waals surface area contributed by atoms with E-state index in [0.717, 1.165) is 27.8 Å². The van der Waals surface area contributed by atoms with Gasteiger partial charge in [0, 0.05) is 23.5 Å². The zero-order valence-electron chi connectivity index (χ0n) is 13.0. The van der Waals surface area contributed by atoms with Crippen molar-refractivity contribution in [2.24, 2.45) is 0 Å². The number of benzene rings is 2. The number of carbonyl (C=O) groups excluding carboxylic acids is 2. The van der Waals surface area contributed by atoms with E-state index in [2.05, 4.69) is 20.6 Å². The predicted molar refractivity (Wildman–Crippen MR) is 90.4 cm³/mol. The summed E-state index contributed by atoms with van der Waals surface area (Å²) in [6.07, 6.45) is 4.90. The molecule has 1 aromatic heterocycles. The molecule has 2 aromatic carbocycles. The highest BCUT2D eigenvalue weighted by Gasteiger charge is 2.54. The summed E-state index contributed by atoms with van der Waals surface area (Å²) in [7, 11) is 0. The van der Waals surface area contributed by atoms with Gasteiger partial charge in [0.1, 0.15) is 0 Å². The molecule has 1 aliphatic heterocycles. The highest BCUT2D eigenvalue weighted by Crippen LogP contribution is 2.49. The maximum absolute atomic E-state index is 12.8. The highest BCUT2D eigenvalue weighted by molar-refractivity contribution is 6.13. The minimum absolute atomic E-state index is 0.361.